The Labute approximate surface area is 197 Å². The fourth-order valence-electron chi connectivity index (χ4n) is 7.69. The molecule has 3 nitrogen and oxygen atoms in total. The summed E-state index contributed by atoms with van der Waals surface area (Å²) in [6, 6.07) is 0. The molecule has 0 bridgehead atoms. The minimum atomic E-state index is -0.242. The molecule has 0 aromatic heterocycles. The Morgan fingerprint density at radius 3 is 2.38 bits per heavy atom. The van der Waals surface area contributed by atoms with Gasteiger partial charge in [-0.15, -0.1) is 0 Å². The van der Waals surface area contributed by atoms with Crippen molar-refractivity contribution in [2.75, 3.05) is 7.11 Å². The van der Waals surface area contributed by atoms with Gasteiger partial charge >= 0.3 is 0 Å². The molecule has 3 saturated carbocycles. The molecule has 0 amide bonds. The Morgan fingerprint density at radius 2 is 1.72 bits per heavy atom. The molecule has 32 heavy (non-hydrogen) atoms. The molecule has 1 unspecified atom stereocenters. The molecule has 3 rings (SSSR count). The van der Waals surface area contributed by atoms with E-state index < -0.39 is 0 Å². The van der Waals surface area contributed by atoms with Crippen LogP contribution in [0.15, 0.2) is 0 Å². The van der Waals surface area contributed by atoms with E-state index in [9.17, 15) is 9.59 Å². The van der Waals surface area contributed by atoms with E-state index in [1.807, 2.05) is 7.11 Å². The van der Waals surface area contributed by atoms with Crippen LogP contribution in [-0.2, 0) is 14.3 Å². The largest absolute Gasteiger partial charge is 0.381 e. The second kappa shape index (κ2) is 10.3. The van der Waals surface area contributed by atoms with Crippen LogP contribution in [0.4, 0.5) is 0 Å². The summed E-state index contributed by atoms with van der Waals surface area (Å²) in [6.07, 6.45) is 11.4. The molecule has 0 heterocycles. The second-order valence-electron chi connectivity index (χ2n) is 12.7. The van der Waals surface area contributed by atoms with Gasteiger partial charge < -0.3 is 4.74 Å². The predicted molar refractivity (Wildman–Crippen MR) is 131 cm³/mol. The van der Waals surface area contributed by atoms with Crippen LogP contribution >= 0.6 is 0 Å². The van der Waals surface area contributed by atoms with Gasteiger partial charge in [-0.2, -0.15) is 0 Å². The maximum absolute atomic E-state index is 13.2. The number of ketones is 2. The number of Topliss-reactive ketones (excluding diaryl/α,β-unsaturated/α-hetero) is 2. The van der Waals surface area contributed by atoms with Crippen molar-refractivity contribution in [3.8, 4) is 0 Å². The van der Waals surface area contributed by atoms with Crippen molar-refractivity contribution in [1.29, 1.82) is 0 Å². The van der Waals surface area contributed by atoms with Gasteiger partial charge in [0.15, 0.2) is 0 Å². The molecule has 0 aromatic rings. The summed E-state index contributed by atoms with van der Waals surface area (Å²) in [5.41, 5.74) is -0.149. The number of methoxy groups -OCH3 is 1. The van der Waals surface area contributed by atoms with Crippen molar-refractivity contribution in [3.05, 3.63) is 0 Å². The van der Waals surface area contributed by atoms with E-state index in [1.54, 1.807) is 0 Å². The third-order valence-electron chi connectivity index (χ3n) is 10.7. The first-order chi connectivity index (χ1) is 15.0. The molecule has 3 heteroatoms. The molecular formula is C29H50O3. The van der Waals surface area contributed by atoms with Gasteiger partial charge in [0, 0.05) is 31.3 Å². The van der Waals surface area contributed by atoms with Gasteiger partial charge in [-0.25, -0.2) is 0 Å². The maximum atomic E-state index is 13.2. The van der Waals surface area contributed by atoms with Crippen molar-refractivity contribution >= 4 is 11.6 Å². The summed E-state index contributed by atoms with van der Waals surface area (Å²) < 4.78 is 5.68. The van der Waals surface area contributed by atoms with Crippen molar-refractivity contribution in [2.45, 2.75) is 118 Å². The molecule has 8 atom stereocenters. The first-order valence-corrected chi connectivity index (χ1v) is 13.6. The van der Waals surface area contributed by atoms with Crippen LogP contribution in [0.25, 0.3) is 0 Å². The Kier molecular flexibility index (Phi) is 8.33. The summed E-state index contributed by atoms with van der Waals surface area (Å²) in [4.78, 5) is 26.3. The maximum Gasteiger partial charge on any atom is 0.139 e. The van der Waals surface area contributed by atoms with Crippen molar-refractivity contribution in [1.82, 2.24) is 0 Å². The van der Waals surface area contributed by atoms with Crippen LogP contribution < -0.4 is 0 Å². The molecule has 0 aromatic carbocycles. The Balaban J connectivity index is 1.68. The van der Waals surface area contributed by atoms with Crippen molar-refractivity contribution < 1.29 is 14.3 Å². The van der Waals surface area contributed by atoms with E-state index in [1.165, 1.54) is 12.8 Å². The third-order valence-corrected chi connectivity index (χ3v) is 10.7. The highest BCUT2D eigenvalue weighted by molar-refractivity contribution is 5.87. The fraction of sp³-hybridized carbons (Fsp3) is 0.931. The van der Waals surface area contributed by atoms with E-state index in [4.69, 9.17) is 4.74 Å². The van der Waals surface area contributed by atoms with E-state index >= 15 is 0 Å². The molecule has 0 radical (unpaired) electrons. The normalized spacial score (nSPS) is 39.9. The van der Waals surface area contributed by atoms with Crippen molar-refractivity contribution in [2.24, 2.45) is 46.3 Å². The lowest BCUT2D eigenvalue weighted by Crippen LogP contribution is -2.49. The molecule has 184 valence electrons. The van der Waals surface area contributed by atoms with Gasteiger partial charge in [-0.05, 0) is 80.0 Å². The summed E-state index contributed by atoms with van der Waals surface area (Å²) in [5, 5.41) is 0. The highest BCUT2D eigenvalue weighted by atomic mass is 16.5. The van der Waals surface area contributed by atoms with E-state index in [-0.39, 0.29) is 16.7 Å². The average molecular weight is 447 g/mol. The van der Waals surface area contributed by atoms with Crippen LogP contribution in [0, 0.1) is 46.3 Å². The first kappa shape index (κ1) is 25.9. The molecular weight excluding hydrogens is 396 g/mol. The van der Waals surface area contributed by atoms with E-state index in [0.717, 1.165) is 69.6 Å². The molecule has 0 saturated heterocycles. The van der Waals surface area contributed by atoms with Crippen LogP contribution in [-0.4, -0.2) is 24.8 Å². The molecule has 0 aliphatic heterocycles. The lowest BCUT2D eigenvalue weighted by Gasteiger charge is -2.52. The second-order valence-corrected chi connectivity index (χ2v) is 12.7. The highest BCUT2D eigenvalue weighted by Crippen LogP contribution is 2.56. The van der Waals surface area contributed by atoms with Crippen LogP contribution in [0.1, 0.15) is 112 Å². The first-order valence-electron chi connectivity index (χ1n) is 13.6. The zero-order valence-electron chi connectivity index (χ0n) is 22.0. The monoisotopic (exact) mass is 446 g/mol. The van der Waals surface area contributed by atoms with Gasteiger partial charge in [-0.1, -0.05) is 54.4 Å². The number of carbonyl (C=O) groups is 2. The number of hydrogen-bond donors (Lipinski definition) is 0. The Morgan fingerprint density at radius 1 is 1.00 bits per heavy atom. The van der Waals surface area contributed by atoms with Gasteiger partial charge in [0.25, 0.3) is 0 Å². The topological polar surface area (TPSA) is 43.4 Å². The van der Waals surface area contributed by atoms with Crippen LogP contribution in [0.3, 0.4) is 0 Å². The number of ether oxygens (including phenoxy) is 1. The Bertz CT molecular complexity index is 669. The number of carbonyl (C=O) groups excluding carboxylic acids is 2. The summed E-state index contributed by atoms with van der Waals surface area (Å²) in [7, 11) is 1.83. The summed E-state index contributed by atoms with van der Waals surface area (Å²) in [6.45, 7) is 14.0. The van der Waals surface area contributed by atoms with Crippen LogP contribution in [0.5, 0.6) is 0 Å². The van der Waals surface area contributed by atoms with Gasteiger partial charge in [0.05, 0.1) is 6.10 Å². The molecule has 0 spiro atoms. The van der Waals surface area contributed by atoms with E-state index in [0.29, 0.717) is 35.4 Å². The van der Waals surface area contributed by atoms with Crippen molar-refractivity contribution in [3.63, 3.8) is 0 Å². The smallest absolute Gasteiger partial charge is 0.139 e. The highest BCUT2D eigenvalue weighted by Gasteiger charge is 2.53. The standard InChI is InChI=1S/C29H50O3/c1-19(2)20(3)8-9-21(4)24-11-13-27(31)29(24,6)17-15-25-26(30)12-10-22-18-23(32-7)14-16-28(22,25)5/h19-25H,8-18H2,1-7H3/t20-,21-,22+,23+,24-,25?,28+,29-/m1/s1. The predicted octanol–water partition coefficient (Wildman–Crippen LogP) is 7.26. The summed E-state index contributed by atoms with van der Waals surface area (Å²) in [5.74, 6) is 4.14. The lowest BCUT2D eigenvalue weighted by molar-refractivity contribution is -0.141. The van der Waals surface area contributed by atoms with Crippen LogP contribution in [0.2, 0.25) is 0 Å². The third kappa shape index (κ3) is 5.03. The minimum absolute atomic E-state index is 0.0934. The molecule has 3 aliphatic carbocycles. The van der Waals surface area contributed by atoms with Gasteiger partial charge in [0.1, 0.15) is 11.6 Å². The minimum Gasteiger partial charge on any atom is -0.381 e. The number of fused-ring (bicyclic) bond motifs is 1. The zero-order valence-corrected chi connectivity index (χ0v) is 22.0. The lowest BCUT2D eigenvalue weighted by atomic mass is 9.53. The zero-order chi connectivity index (χ0) is 23.7. The molecule has 3 aliphatic rings. The number of hydrogen-bond acceptors (Lipinski definition) is 3. The number of rotatable bonds is 9. The fourth-order valence-corrected chi connectivity index (χ4v) is 7.69. The molecule has 0 N–H and O–H groups in total. The quantitative estimate of drug-likeness (QED) is 0.374. The van der Waals surface area contributed by atoms with Gasteiger partial charge in [0.2, 0.25) is 0 Å². The van der Waals surface area contributed by atoms with Gasteiger partial charge in [-0.3, -0.25) is 9.59 Å². The average Bonchev–Trinajstić information content (AvgIpc) is 3.05. The molecule has 3 fully saturated rings. The Hall–Kier alpha value is -0.700. The SMILES string of the molecule is CO[C@H]1CC[C@]2(C)C(CC[C@@]3(C)C(=O)CC[C@@H]3[C@H](C)CC[C@@H](C)C(C)C)C(=O)CC[C@H]2C1. The van der Waals surface area contributed by atoms with E-state index in [2.05, 4.69) is 41.5 Å². The summed E-state index contributed by atoms with van der Waals surface area (Å²) >= 11 is 0.